The fourth-order valence-electron chi connectivity index (χ4n) is 2.30. The van der Waals surface area contributed by atoms with Crippen LogP contribution in [0.3, 0.4) is 0 Å². The third-order valence-electron chi connectivity index (χ3n) is 3.43. The lowest BCUT2D eigenvalue weighted by Crippen LogP contribution is -2.35. The number of carboxylic acid groups (broad SMARTS) is 1. The van der Waals surface area contributed by atoms with Crippen molar-refractivity contribution >= 4 is 35.4 Å². The summed E-state index contributed by atoms with van der Waals surface area (Å²) >= 11 is 6.05. The van der Waals surface area contributed by atoms with E-state index in [1.165, 1.54) is 10.7 Å². The molecule has 20 heavy (non-hydrogen) atoms. The first-order valence-electron chi connectivity index (χ1n) is 6.02. The van der Waals surface area contributed by atoms with Crippen LogP contribution in [0.25, 0.3) is 5.65 Å². The van der Waals surface area contributed by atoms with Gasteiger partial charge in [0.2, 0.25) is 0 Å². The van der Waals surface area contributed by atoms with Crippen molar-refractivity contribution in [3.05, 3.63) is 23.0 Å². The number of fused-ring (bicyclic) bond motifs is 1. The largest absolute Gasteiger partial charge is 0.465 e. The molecular weight excluding hydrogens is 284 g/mol. The van der Waals surface area contributed by atoms with Gasteiger partial charge in [-0.25, -0.2) is 9.78 Å². The molecule has 2 aromatic heterocycles. The Labute approximate surface area is 118 Å². The van der Waals surface area contributed by atoms with Gasteiger partial charge in [0.25, 0.3) is 0 Å². The lowest BCUT2D eigenvalue weighted by atomic mass is 10.3. The average Bonchev–Trinajstić information content (AvgIpc) is 3.03. The quantitative estimate of drug-likeness (QED) is 0.688. The van der Waals surface area contributed by atoms with Crippen molar-refractivity contribution in [2.24, 2.45) is 5.92 Å². The highest BCUT2D eigenvalue weighted by atomic mass is 35.5. The maximum absolute atomic E-state index is 11.6. The van der Waals surface area contributed by atoms with Gasteiger partial charge in [0.05, 0.1) is 12.2 Å². The molecule has 1 amide bonds. The SMILES string of the molecule is Cc1c(Cl)nc2ccnn2c1N(C(=O)O)C1CC1C=O. The first-order valence-corrected chi connectivity index (χ1v) is 6.39. The molecule has 1 aliphatic rings. The van der Waals surface area contributed by atoms with E-state index in [4.69, 9.17) is 11.6 Å². The van der Waals surface area contributed by atoms with Gasteiger partial charge in [-0.05, 0) is 13.3 Å². The molecule has 1 fully saturated rings. The number of anilines is 1. The van der Waals surface area contributed by atoms with Crippen LogP contribution < -0.4 is 4.90 Å². The number of nitrogens with zero attached hydrogens (tertiary/aromatic N) is 4. The maximum Gasteiger partial charge on any atom is 0.413 e. The van der Waals surface area contributed by atoms with Crippen molar-refractivity contribution in [1.82, 2.24) is 14.6 Å². The third-order valence-corrected chi connectivity index (χ3v) is 3.79. The van der Waals surface area contributed by atoms with Gasteiger partial charge in [0, 0.05) is 17.5 Å². The molecule has 8 heteroatoms. The Hall–Kier alpha value is -2.15. The van der Waals surface area contributed by atoms with E-state index in [2.05, 4.69) is 10.1 Å². The summed E-state index contributed by atoms with van der Waals surface area (Å²) in [6.07, 6.45) is 1.67. The van der Waals surface area contributed by atoms with Gasteiger partial charge in [-0.15, -0.1) is 0 Å². The number of rotatable bonds is 3. The van der Waals surface area contributed by atoms with Crippen LogP contribution in [0.1, 0.15) is 12.0 Å². The van der Waals surface area contributed by atoms with Gasteiger partial charge >= 0.3 is 6.09 Å². The predicted molar refractivity (Wildman–Crippen MR) is 71.2 cm³/mol. The minimum absolute atomic E-state index is 0.225. The second-order valence-corrected chi connectivity index (χ2v) is 5.07. The molecule has 0 aliphatic heterocycles. The fourth-order valence-corrected chi connectivity index (χ4v) is 2.47. The molecular formula is C12H11ClN4O3. The highest BCUT2D eigenvalue weighted by Gasteiger charge is 2.46. The second kappa shape index (κ2) is 4.45. The van der Waals surface area contributed by atoms with E-state index in [-0.39, 0.29) is 17.1 Å². The molecule has 0 aromatic carbocycles. The number of aldehydes is 1. The van der Waals surface area contributed by atoms with Gasteiger partial charge in [0.1, 0.15) is 17.3 Å². The Kier molecular flexibility index (Phi) is 2.86. The standard InChI is InChI=1S/C12H11ClN4O3/c1-6-10(13)15-9-2-3-14-17(9)11(6)16(12(19)20)8-4-7(8)5-18/h2-3,5,7-8H,4H2,1H3,(H,19,20). The molecule has 0 spiro atoms. The zero-order valence-electron chi connectivity index (χ0n) is 10.5. The van der Waals surface area contributed by atoms with E-state index in [0.717, 1.165) is 11.2 Å². The van der Waals surface area contributed by atoms with Crippen molar-refractivity contribution in [3.63, 3.8) is 0 Å². The smallest absolute Gasteiger partial charge is 0.413 e. The van der Waals surface area contributed by atoms with Crippen molar-refractivity contribution in [1.29, 1.82) is 0 Å². The lowest BCUT2D eigenvalue weighted by molar-refractivity contribution is -0.108. The fraction of sp³-hybridized carbons (Fsp3) is 0.333. The Morgan fingerprint density at radius 3 is 3.00 bits per heavy atom. The first-order chi connectivity index (χ1) is 9.54. The Morgan fingerprint density at radius 1 is 1.65 bits per heavy atom. The molecule has 3 rings (SSSR count). The van der Waals surface area contributed by atoms with Crippen LogP contribution in [0.5, 0.6) is 0 Å². The Bertz CT molecular complexity index is 714. The first kappa shape index (κ1) is 12.9. The summed E-state index contributed by atoms with van der Waals surface area (Å²) in [5.41, 5.74) is 0.979. The molecule has 1 N–H and O–H groups in total. The van der Waals surface area contributed by atoms with Crippen LogP contribution in [0, 0.1) is 12.8 Å². The zero-order chi connectivity index (χ0) is 14.4. The monoisotopic (exact) mass is 294 g/mol. The van der Waals surface area contributed by atoms with E-state index in [0.29, 0.717) is 23.4 Å². The molecule has 104 valence electrons. The lowest BCUT2D eigenvalue weighted by Gasteiger charge is -2.22. The summed E-state index contributed by atoms with van der Waals surface area (Å²) in [6, 6.07) is 1.27. The molecule has 2 aromatic rings. The summed E-state index contributed by atoms with van der Waals surface area (Å²) in [4.78, 5) is 27.7. The zero-order valence-corrected chi connectivity index (χ0v) is 11.3. The van der Waals surface area contributed by atoms with Crippen LogP contribution in [-0.2, 0) is 4.79 Å². The van der Waals surface area contributed by atoms with Crippen LogP contribution in [0.2, 0.25) is 5.15 Å². The number of aromatic nitrogens is 3. The summed E-state index contributed by atoms with van der Waals surface area (Å²) in [5.74, 6) is 0.0647. The molecule has 2 unspecified atom stereocenters. The van der Waals surface area contributed by atoms with E-state index in [9.17, 15) is 14.7 Å². The molecule has 0 bridgehead atoms. The number of amides is 1. The summed E-state index contributed by atoms with van der Waals surface area (Å²) < 4.78 is 1.43. The number of halogens is 1. The molecule has 0 radical (unpaired) electrons. The van der Waals surface area contributed by atoms with Crippen molar-refractivity contribution in [3.8, 4) is 0 Å². The van der Waals surface area contributed by atoms with E-state index < -0.39 is 6.09 Å². The summed E-state index contributed by atoms with van der Waals surface area (Å²) in [5, 5.41) is 13.8. The summed E-state index contributed by atoms with van der Waals surface area (Å²) in [6.45, 7) is 1.68. The van der Waals surface area contributed by atoms with E-state index >= 15 is 0 Å². The normalized spacial score (nSPS) is 20.9. The highest BCUT2D eigenvalue weighted by Crippen LogP contribution is 2.39. The van der Waals surface area contributed by atoms with Crippen LogP contribution in [0.15, 0.2) is 12.3 Å². The number of hydrogen-bond acceptors (Lipinski definition) is 4. The molecule has 0 saturated heterocycles. The maximum atomic E-state index is 11.6. The van der Waals surface area contributed by atoms with Crippen LogP contribution in [0.4, 0.5) is 10.6 Å². The highest BCUT2D eigenvalue weighted by molar-refractivity contribution is 6.30. The van der Waals surface area contributed by atoms with Gasteiger partial charge in [-0.1, -0.05) is 11.6 Å². The topological polar surface area (TPSA) is 87.8 Å². The minimum atomic E-state index is -1.14. The van der Waals surface area contributed by atoms with Crippen molar-refractivity contribution in [2.45, 2.75) is 19.4 Å². The molecule has 1 saturated carbocycles. The Morgan fingerprint density at radius 2 is 2.40 bits per heavy atom. The number of hydrogen-bond donors (Lipinski definition) is 1. The third kappa shape index (κ3) is 1.82. The van der Waals surface area contributed by atoms with Crippen molar-refractivity contribution < 1.29 is 14.7 Å². The number of carbonyl (C=O) groups excluding carboxylic acids is 1. The van der Waals surface area contributed by atoms with Crippen LogP contribution >= 0.6 is 11.6 Å². The Balaban J connectivity index is 2.20. The van der Waals surface area contributed by atoms with E-state index in [1.807, 2.05) is 0 Å². The average molecular weight is 295 g/mol. The van der Waals surface area contributed by atoms with Gasteiger partial charge in [-0.3, -0.25) is 4.90 Å². The summed E-state index contributed by atoms with van der Waals surface area (Å²) in [7, 11) is 0. The molecule has 2 heterocycles. The van der Waals surface area contributed by atoms with E-state index in [1.54, 1.807) is 13.0 Å². The molecule has 1 aliphatic carbocycles. The number of carbonyl (C=O) groups is 2. The van der Waals surface area contributed by atoms with Gasteiger partial charge < -0.3 is 9.90 Å². The van der Waals surface area contributed by atoms with Gasteiger partial charge in [-0.2, -0.15) is 9.61 Å². The molecule has 2 atom stereocenters. The van der Waals surface area contributed by atoms with Crippen molar-refractivity contribution in [2.75, 3.05) is 4.90 Å². The van der Waals surface area contributed by atoms with Gasteiger partial charge in [0.15, 0.2) is 5.65 Å². The minimum Gasteiger partial charge on any atom is -0.465 e. The second-order valence-electron chi connectivity index (χ2n) is 4.71. The van der Waals surface area contributed by atoms with Crippen LogP contribution in [-0.4, -0.2) is 38.1 Å². The molecule has 7 nitrogen and oxygen atoms in total. The predicted octanol–water partition coefficient (Wildman–Crippen LogP) is 1.76.